The van der Waals surface area contributed by atoms with Gasteiger partial charge in [0.2, 0.25) is 0 Å². The van der Waals surface area contributed by atoms with E-state index in [1.807, 2.05) is 18.2 Å². The zero-order valence-corrected chi connectivity index (χ0v) is 15.3. The van der Waals surface area contributed by atoms with Crippen molar-refractivity contribution in [2.75, 3.05) is 19.6 Å². The lowest BCUT2D eigenvalue weighted by Gasteiger charge is -2.07. The first-order valence-electron chi connectivity index (χ1n) is 9.41. The standard InChI is InChI=1S/C22H30N2O/c1-2-3-8-20-11-13-21(14-12-20)22(25)24-17-7-16-23-18-15-19-9-5-4-6-10-19/h4-6,9-14,23H,2-3,7-8,15-18H2,1H3,(H,24,25). The van der Waals surface area contributed by atoms with Crippen molar-refractivity contribution in [2.45, 2.75) is 39.0 Å². The smallest absolute Gasteiger partial charge is 0.251 e. The molecule has 0 aromatic heterocycles. The molecule has 0 radical (unpaired) electrons. The molecule has 0 aliphatic heterocycles. The zero-order chi connectivity index (χ0) is 17.7. The molecule has 0 saturated heterocycles. The molecule has 2 N–H and O–H groups in total. The quantitative estimate of drug-likeness (QED) is 0.609. The minimum absolute atomic E-state index is 0.0197. The van der Waals surface area contributed by atoms with E-state index in [0.29, 0.717) is 6.54 Å². The highest BCUT2D eigenvalue weighted by Gasteiger charge is 2.04. The molecule has 0 atom stereocenters. The Morgan fingerprint density at radius 2 is 1.52 bits per heavy atom. The summed E-state index contributed by atoms with van der Waals surface area (Å²) < 4.78 is 0. The van der Waals surface area contributed by atoms with E-state index in [0.717, 1.165) is 37.9 Å². The lowest BCUT2D eigenvalue weighted by molar-refractivity contribution is 0.0953. The lowest BCUT2D eigenvalue weighted by Crippen LogP contribution is -2.28. The molecule has 0 heterocycles. The van der Waals surface area contributed by atoms with Crippen LogP contribution in [0, 0.1) is 0 Å². The topological polar surface area (TPSA) is 41.1 Å². The Balaban J connectivity index is 1.56. The summed E-state index contributed by atoms with van der Waals surface area (Å²) in [7, 11) is 0. The first-order valence-corrected chi connectivity index (χ1v) is 9.41. The highest BCUT2D eigenvalue weighted by Crippen LogP contribution is 2.08. The van der Waals surface area contributed by atoms with Crippen LogP contribution in [0.1, 0.15) is 47.7 Å². The van der Waals surface area contributed by atoms with Gasteiger partial charge < -0.3 is 10.6 Å². The third kappa shape index (κ3) is 7.53. The molecule has 0 aliphatic carbocycles. The second-order valence-electron chi connectivity index (χ2n) is 6.40. The molecular weight excluding hydrogens is 308 g/mol. The van der Waals surface area contributed by atoms with Crippen LogP contribution in [-0.2, 0) is 12.8 Å². The third-order valence-corrected chi connectivity index (χ3v) is 4.28. The fraction of sp³-hybridized carbons (Fsp3) is 0.409. The SMILES string of the molecule is CCCCc1ccc(C(=O)NCCCNCCc2ccccc2)cc1. The number of rotatable bonds is 11. The van der Waals surface area contributed by atoms with Crippen LogP contribution in [0.5, 0.6) is 0 Å². The molecule has 0 aliphatic rings. The maximum atomic E-state index is 12.1. The summed E-state index contributed by atoms with van der Waals surface area (Å²) in [6.07, 6.45) is 5.46. The molecule has 0 saturated carbocycles. The predicted molar refractivity (Wildman–Crippen MR) is 105 cm³/mol. The molecule has 0 bridgehead atoms. The Morgan fingerprint density at radius 3 is 2.24 bits per heavy atom. The number of amides is 1. The van der Waals surface area contributed by atoms with E-state index >= 15 is 0 Å². The van der Waals surface area contributed by atoms with Gasteiger partial charge in [-0.25, -0.2) is 0 Å². The van der Waals surface area contributed by atoms with Crippen LogP contribution in [0.25, 0.3) is 0 Å². The van der Waals surface area contributed by atoms with E-state index in [4.69, 9.17) is 0 Å². The van der Waals surface area contributed by atoms with Crippen molar-refractivity contribution in [1.82, 2.24) is 10.6 Å². The minimum Gasteiger partial charge on any atom is -0.352 e. The monoisotopic (exact) mass is 338 g/mol. The Morgan fingerprint density at radius 1 is 0.800 bits per heavy atom. The van der Waals surface area contributed by atoms with Crippen LogP contribution in [0.2, 0.25) is 0 Å². The van der Waals surface area contributed by atoms with Gasteiger partial charge in [-0.3, -0.25) is 4.79 Å². The summed E-state index contributed by atoms with van der Waals surface area (Å²) in [6.45, 7) is 4.79. The van der Waals surface area contributed by atoms with E-state index in [9.17, 15) is 4.79 Å². The van der Waals surface area contributed by atoms with E-state index < -0.39 is 0 Å². The number of benzene rings is 2. The second kappa shape index (κ2) is 11.4. The van der Waals surface area contributed by atoms with Crippen LogP contribution in [0.15, 0.2) is 54.6 Å². The Kier molecular flexibility index (Phi) is 8.78. The number of nitrogens with one attached hydrogen (secondary N) is 2. The van der Waals surface area contributed by atoms with E-state index in [2.05, 4.69) is 54.0 Å². The molecule has 3 heteroatoms. The van der Waals surface area contributed by atoms with E-state index in [1.165, 1.54) is 24.0 Å². The van der Waals surface area contributed by atoms with Gasteiger partial charge in [0.05, 0.1) is 0 Å². The Bertz CT molecular complexity index is 608. The summed E-state index contributed by atoms with van der Waals surface area (Å²) in [5.41, 5.74) is 3.41. The van der Waals surface area contributed by atoms with Crippen LogP contribution in [0.3, 0.4) is 0 Å². The number of carbonyl (C=O) groups excluding carboxylic acids is 1. The Hall–Kier alpha value is -2.13. The van der Waals surface area contributed by atoms with E-state index in [1.54, 1.807) is 0 Å². The highest BCUT2D eigenvalue weighted by atomic mass is 16.1. The first-order chi connectivity index (χ1) is 12.3. The van der Waals surface area contributed by atoms with Gasteiger partial charge in [-0.05, 0) is 62.0 Å². The summed E-state index contributed by atoms with van der Waals surface area (Å²) >= 11 is 0. The van der Waals surface area contributed by atoms with Gasteiger partial charge in [-0.2, -0.15) is 0 Å². The van der Waals surface area contributed by atoms with Crippen molar-refractivity contribution in [3.63, 3.8) is 0 Å². The normalized spacial score (nSPS) is 10.6. The number of aryl methyl sites for hydroxylation is 1. The maximum Gasteiger partial charge on any atom is 0.251 e. The van der Waals surface area contributed by atoms with Gasteiger partial charge in [-0.15, -0.1) is 0 Å². The first kappa shape index (κ1) is 19.2. The average Bonchev–Trinajstić information content (AvgIpc) is 2.66. The molecule has 0 spiro atoms. The Labute approximate surface area is 151 Å². The molecule has 2 aromatic rings. The molecular formula is C22H30N2O. The van der Waals surface area contributed by atoms with Crippen LogP contribution < -0.4 is 10.6 Å². The van der Waals surface area contributed by atoms with Gasteiger partial charge in [0.1, 0.15) is 0 Å². The molecule has 1 amide bonds. The number of hydrogen-bond donors (Lipinski definition) is 2. The summed E-state index contributed by atoms with van der Waals surface area (Å²) in [6, 6.07) is 18.5. The second-order valence-corrected chi connectivity index (χ2v) is 6.40. The van der Waals surface area contributed by atoms with Gasteiger partial charge >= 0.3 is 0 Å². The predicted octanol–water partition coefficient (Wildman–Crippen LogP) is 3.98. The largest absolute Gasteiger partial charge is 0.352 e. The van der Waals surface area contributed by atoms with Gasteiger partial charge in [-0.1, -0.05) is 55.8 Å². The van der Waals surface area contributed by atoms with Crippen LogP contribution in [-0.4, -0.2) is 25.5 Å². The summed E-state index contributed by atoms with van der Waals surface area (Å²) in [5, 5.41) is 6.41. The van der Waals surface area contributed by atoms with Crippen LogP contribution in [0.4, 0.5) is 0 Å². The molecule has 134 valence electrons. The fourth-order valence-electron chi connectivity index (χ4n) is 2.72. The van der Waals surface area contributed by atoms with Gasteiger partial charge in [0, 0.05) is 12.1 Å². The lowest BCUT2D eigenvalue weighted by atomic mass is 10.1. The highest BCUT2D eigenvalue weighted by molar-refractivity contribution is 5.94. The van der Waals surface area contributed by atoms with Crippen molar-refractivity contribution in [2.24, 2.45) is 0 Å². The molecule has 3 nitrogen and oxygen atoms in total. The maximum absolute atomic E-state index is 12.1. The average molecular weight is 338 g/mol. The molecule has 25 heavy (non-hydrogen) atoms. The zero-order valence-electron chi connectivity index (χ0n) is 15.3. The van der Waals surface area contributed by atoms with Crippen molar-refractivity contribution in [3.05, 3.63) is 71.3 Å². The summed E-state index contributed by atoms with van der Waals surface area (Å²) in [4.78, 5) is 12.1. The van der Waals surface area contributed by atoms with Crippen molar-refractivity contribution >= 4 is 5.91 Å². The van der Waals surface area contributed by atoms with Crippen molar-refractivity contribution in [1.29, 1.82) is 0 Å². The van der Waals surface area contributed by atoms with E-state index in [-0.39, 0.29) is 5.91 Å². The van der Waals surface area contributed by atoms with Crippen molar-refractivity contribution < 1.29 is 4.79 Å². The minimum atomic E-state index is 0.0197. The fourth-order valence-corrected chi connectivity index (χ4v) is 2.72. The number of unbranched alkanes of at least 4 members (excludes halogenated alkanes) is 1. The molecule has 0 fully saturated rings. The third-order valence-electron chi connectivity index (χ3n) is 4.28. The summed E-state index contributed by atoms with van der Waals surface area (Å²) in [5.74, 6) is 0.0197. The van der Waals surface area contributed by atoms with Crippen LogP contribution >= 0.6 is 0 Å². The van der Waals surface area contributed by atoms with Gasteiger partial charge in [0.25, 0.3) is 5.91 Å². The van der Waals surface area contributed by atoms with Gasteiger partial charge in [0.15, 0.2) is 0 Å². The molecule has 2 rings (SSSR count). The number of hydrogen-bond acceptors (Lipinski definition) is 2. The number of carbonyl (C=O) groups is 1. The van der Waals surface area contributed by atoms with Crippen molar-refractivity contribution in [3.8, 4) is 0 Å². The molecule has 0 unspecified atom stereocenters. The molecule has 2 aromatic carbocycles.